The number of amides is 3. The van der Waals surface area contributed by atoms with E-state index in [9.17, 15) is 9.59 Å². The van der Waals surface area contributed by atoms with E-state index in [0.717, 1.165) is 42.6 Å². The average molecular weight is 391 g/mol. The van der Waals surface area contributed by atoms with Crippen LogP contribution in [0.2, 0.25) is 5.02 Å². The minimum atomic E-state index is -0.328. The van der Waals surface area contributed by atoms with Gasteiger partial charge in [0.25, 0.3) is 5.91 Å². The molecule has 0 saturated heterocycles. The van der Waals surface area contributed by atoms with Crippen LogP contribution >= 0.6 is 11.6 Å². The third-order valence-electron chi connectivity index (χ3n) is 6.70. The monoisotopic (exact) mass is 390 g/mol. The summed E-state index contributed by atoms with van der Waals surface area (Å²) in [6, 6.07) is 7.40. The van der Waals surface area contributed by atoms with E-state index in [2.05, 4.69) is 10.6 Å². The maximum atomic E-state index is 12.4. The fraction of sp³-hybridized carbons (Fsp3) is 0.619. The van der Waals surface area contributed by atoms with Gasteiger partial charge in [0.1, 0.15) is 6.04 Å². The molecule has 1 aromatic rings. The van der Waals surface area contributed by atoms with E-state index in [4.69, 9.17) is 11.6 Å². The van der Waals surface area contributed by atoms with Crippen LogP contribution in [-0.2, 0) is 4.79 Å². The molecular formula is C21H29ClN3O2+. The Labute approximate surface area is 165 Å². The second-order valence-corrected chi connectivity index (χ2v) is 9.42. The minimum Gasteiger partial charge on any atom is -0.333 e. The molecule has 0 aromatic heterocycles. The summed E-state index contributed by atoms with van der Waals surface area (Å²) in [4.78, 5) is 24.6. The predicted molar refractivity (Wildman–Crippen MR) is 104 cm³/mol. The van der Waals surface area contributed by atoms with Gasteiger partial charge >= 0.3 is 6.03 Å². The summed E-state index contributed by atoms with van der Waals surface area (Å²) in [5, 5.41) is 8.31. The standard InChI is InChI=1S/C21H28ClN3O2/c1-13(17-3-2-4-18(22)8-17)23-12-19(26)24-20(27)25-21-9-14-5-15(10-21)7-16(6-14)11-21/h2-4,8,13-16,23H,5-7,9-12H2,1H3,(H2,24,25,26,27)/p+1/t13-,14?,15?,16?,21?/m1/s1. The third-order valence-corrected chi connectivity index (χ3v) is 6.94. The molecule has 1 atom stereocenters. The Hall–Kier alpha value is -1.59. The topological polar surface area (TPSA) is 74.8 Å². The number of nitrogens with two attached hydrogens (primary N) is 1. The van der Waals surface area contributed by atoms with E-state index in [1.54, 1.807) is 0 Å². The van der Waals surface area contributed by atoms with Gasteiger partial charge in [-0.3, -0.25) is 10.1 Å². The minimum absolute atomic E-state index is 0.0725. The lowest BCUT2D eigenvalue weighted by atomic mass is 9.53. The summed E-state index contributed by atoms with van der Waals surface area (Å²) >= 11 is 6.02. The fourth-order valence-corrected chi connectivity index (χ4v) is 6.12. The Morgan fingerprint density at radius 3 is 2.41 bits per heavy atom. The van der Waals surface area contributed by atoms with Crippen LogP contribution in [0.1, 0.15) is 57.1 Å². The number of carbonyl (C=O) groups excluding carboxylic acids is 2. The van der Waals surface area contributed by atoms with Crippen molar-refractivity contribution in [1.82, 2.24) is 10.6 Å². The van der Waals surface area contributed by atoms with Gasteiger partial charge in [0, 0.05) is 16.1 Å². The second-order valence-electron chi connectivity index (χ2n) is 8.98. The van der Waals surface area contributed by atoms with Gasteiger partial charge in [-0.25, -0.2) is 4.79 Å². The van der Waals surface area contributed by atoms with Crippen molar-refractivity contribution in [2.24, 2.45) is 17.8 Å². The zero-order chi connectivity index (χ0) is 19.0. The molecule has 4 bridgehead atoms. The largest absolute Gasteiger partial charge is 0.333 e. The van der Waals surface area contributed by atoms with Crippen molar-refractivity contribution in [2.45, 2.75) is 57.0 Å². The zero-order valence-electron chi connectivity index (χ0n) is 15.8. The Balaban J connectivity index is 1.25. The van der Waals surface area contributed by atoms with E-state index >= 15 is 0 Å². The third kappa shape index (κ3) is 4.30. The number of urea groups is 1. The molecule has 5 nitrogen and oxygen atoms in total. The number of rotatable bonds is 5. The fourth-order valence-electron chi connectivity index (χ4n) is 5.92. The van der Waals surface area contributed by atoms with E-state index in [0.29, 0.717) is 5.02 Å². The molecule has 4 fully saturated rings. The van der Waals surface area contributed by atoms with Crippen molar-refractivity contribution in [3.63, 3.8) is 0 Å². The summed E-state index contributed by atoms with van der Waals surface area (Å²) < 4.78 is 0. The first-order chi connectivity index (χ1) is 12.9. The molecule has 1 aromatic carbocycles. The summed E-state index contributed by atoms with van der Waals surface area (Å²) in [5.74, 6) is 2.03. The van der Waals surface area contributed by atoms with E-state index in [1.807, 2.05) is 36.5 Å². The highest BCUT2D eigenvalue weighted by Crippen LogP contribution is 2.55. The molecule has 4 aliphatic carbocycles. The molecule has 6 heteroatoms. The molecule has 4 saturated carbocycles. The van der Waals surface area contributed by atoms with Crippen LogP contribution in [0.4, 0.5) is 4.79 Å². The van der Waals surface area contributed by atoms with Gasteiger partial charge < -0.3 is 10.6 Å². The molecule has 0 aliphatic heterocycles. The smallest absolute Gasteiger partial charge is 0.322 e. The maximum absolute atomic E-state index is 12.4. The Kier molecular flexibility index (Phi) is 5.17. The number of hydrogen-bond acceptors (Lipinski definition) is 2. The lowest BCUT2D eigenvalue weighted by Gasteiger charge is -2.56. The number of carbonyl (C=O) groups is 2. The van der Waals surface area contributed by atoms with Gasteiger partial charge in [-0.15, -0.1) is 0 Å². The van der Waals surface area contributed by atoms with Gasteiger partial charge in [-0.1, -0.05) is 23.7 Å². The Morgan fingerprint density at radius 2 is 1.81 bits per heavy atom. The first kappa shape index (κ1) is 18.8. The first-order valence-corrected chi connectivity index (χ1v) is 10.5. The lowest BCUT2D eigenvalue weighted by Crippen LogP contribution is -2.87. The summed E-state index contributed by atoms with van der Waals surface area (Å²) in [7, 11) is 0. The highest BCUT2D eigenvalue weighted by atomic mass is 35.5. The number of nitrogens with one attached hydrogen (secondary N) is 2. The van der Waals surface area contributed by atoms with Crippen molar-refractivity contribution in [3.8, 4) is 0 Å². The van der Waals surface area contributed by atoms with Crippen molar-refractivity contribution < 1.29 is 14.9 Å². The highest BCUT2D eigenvalue weighted by molar-refractivity contribution is 6.30. The van der Waals surface area contributed by atoms with Gasteiger partial charge in [0.15, 0.2) is 6.54 Å². The first-order valence-electron chi connectivity index (χ1n) is 10.1. The van der Waals surface area contributed by atoms with E-state index in [-0.39, 0.29) is 30.1 Å². The molecule has 0 unspecified atom stereocenters. The molecule has 0 heterocycles. The highest BCUT2D eigenvalue weighted by Gasteiger charge is 2.51. The van der Waals surface area contributed by atoms with Crippen LogP contribution in [0.15, 0.2) is 24.3 Å². The van der Waals surface area contributed by atoms with Crippen LogP contribution in [0, 0.1) is 17.8 Å². The molecule has 27 heavy (non-hydrogen) atoms. The number of quaternary nitrogens is 1. The molecule has 4 aliphatic rings. The molecule has 5 rings (SSSR count). The quantitative estimate of drug-likeness (QED) is 0.723. The predicted octanol–water partition coefficient (Wildman–Crippen LogP) is 2.76. The number of hydrogen-bond donors (Lipinski definition) is 3. The zero-order valence-corrected chi connectivity index (χ0v) is 16.6. The van der Waals surface area contributed by atoms with Gasteiger partial charge in [-0.2, -0.15) is 0 Å². The Morgan fingerprint density at radius 1 is 1.19 bits per heavy atom. The summed E-state index contributed by atoms with van der Waals surface area (Å²) in [5.41, 5.74) is 0.991. The van der Waals surface area contributed by atoms with Crippen molar-refractivity contribution in [2.75, 3.05) is 6.54 Å². The maximum Gasteiger partial charge on any atom is 0.322 e. The van der Waals surface area contributed by atoms with Crippen molar-refractivity contribution >= 4 is 23.5 Å². The molecule has 3 amide bonds. The number of halogens is 1. The second kappa shape index (κ2) is 7.44. The molecular weight excluding hydrogens is 362 g/mol. The van der Waals surface area contributed by atoms with Gasteiger partial charge in [0.2, 0.25) is 0 Å². The molecule has 4 N–H and O–H groups in total. The summed E-state index contributed by atoms with van der Waals surface area (Å²) in [6.45, 7) is 2.23. The van der Waals surface area contributed by atoms with Crippen LogP contribution < -0.4 is 16.0 Å². The van der Waals surface area contributed by atoms with Crippen LogP contribution in [-0.4, -0.2) is 24.0 Å². The molecule has 0 radical (unpaired) electrons. The van der Waals surface area contributed by atoms with Gasteiger partial charge in [-0.05, 0) is 75.3 Å². The number of benzene rings is 1. The van der Waals surface area contributed by atoms with Gasteiger partial charge in [0.05, 0.1) is 0 Å². The molecule has 146 valence electrons. The SMILES string of the molecule is C[C@@H]([NH2+]CC(=O)NC(=O)NC12CC3CC(CC(C3)C1)C2)c1cccc(Cl)c1. The number of imide groups is 1. The lowest BCUT2D eigenvalue weighted by molar-refractivity contribution is -0.682. The molecule has 0 spiro atoms. The van der Waals surface area contributed by atoms with Crippen molar-refractivity contribution in [1.29, 1.82) is 0 Å². The van der Waals surface area contributed by atoms with Crippen molar-refractivity contribution in [3.05, 3.63) is 34.9 Å². The summed E-state index contributed by atoms with van der Waals surface area (Å²) in [6.07, 6.45) is 7.24. The average Bonchev–Trinajstić information content (AvgIpc) is 2.57. The Bertz CT molecular complexity index is 701. The normalized spacial score (nSPS) is 32.1. The van der Waals surface area contributed by atoms with Crippen LogP contribution in [0.25, 0.3) is 0 Å². The van der Waals surface area contributed by atoms with E-state index in [1.165, 1.54) is 19.3 Å². The van der Waals surface area contributed by atoms with E-state index < -0.39 is 0 Å². The van der Waals surface area contributed by atoms with Crippen LogP contribution in [0.3, 0.4) is 0 Å². The van der Waals surface area contributed by atoms with Crippen LogP contribution in [0.5, 0.6) is 0 Å².